The fourth-order valence-corrected chi connectivity index (χ4v) is 4.64. The fourth-order valence-electron chi connectivity index (χ4n) is 4.30. The van der Waals surface area contributed by atoms with Crippen molar-refractivity contribution >= 4 is 33.4 Å². The van der Waals surface area contributed by atoms with E-state index in [0.717, 1.165) is 24.1 Å². The number of rotatable bonds is 6. The number of carbonyl (C=O) groups excluding carboxylic acids is 2. The topological polar surface area (TPSA) is 76.5 Å². The predicted molar refractivity (Wildman–Crippen MR) is 135 cm³/mol. The SMILES string of the molecule is COc1cc(F)c(Br)cc1C(=O)N1CCC(c2ccc(NC(=O)C(C)n3cc(C)cn3)cc2)CC1. The summed E-state index contributed by atoms with van der Waals surface area (Å²) in [6, 6.07) is 10.2. The maximum Gasteiger partial charge on any atom is 0.257 e. The molecule has 0 aliphatic carbocycles. The number of halogens is 2. The van der Waals surface area contributed by atoms with Crippen molar-refractivity contribution < 1.29 is 18.7 Å². The molecule has 2 heterocycles. The van der Waals surface area contributed by atoms with Gasteiger partial charge in [0.05, 0.1) is 23.3 Å². The molecule has 0 bridgehead atoms. The lowest BCUT2D eigenvalue weighted by atomic mass is 9.89. The molecule has 1 aromatic heterocycles. The Morgan fingerprint density at radius 2 is 1.89 bits per heavy atom. The molecule has 1 atom stereocenters. The van der Waals surface area contributed by atoms with Crippen LogP contribution in [0.15, 0.2) is 53.3 Å². The Kier molecular flexibility index (Phi) is 7.54. The van der Waals surface area contributed by atoms with Gasteiger partial charge in [-0.25, -0.2) is 4.39 Å². The number of aromatic nitrogens is 2. The monoisotopic (exact) mass is 542 g/mol. The van der Waals surface area contributed by atoms with Crippen LogP contribution in [0, 0.1) is 12.7 Å². The van der Waals surface area contributed by atoms with Crippen LogP contribution in [0.4, 0.5) is 10.1 Å². The Labute approximate surface area is 212 Å². The Hall–Kier alpha value is -3.20. The number of aryl methyl sites for hydroxylation is 1. The lowest BCUT2D eigenvalue weighted by Crippen LogP contribution is -2.38. The van der Waals surface area contributed by atoms with E-state index in [4.69, 9.17) is 4.74 Å². The Bertz CT molecular complexity index is 1220. The van der Waals surface area contributed by atoms with Gasteiger partial charge in [-0.1, -0.05) is 12.1 Å². The van der Waals surface area contributed by atoms with Crippen molar-refractivity contribution in [1.82, 2.24) is 14.7 Å². The van der Waals surface area contributed by atoms with Crippen LogP contribution >= 0.6 is 15.9 Å². The molecular weight excluding hydrogens is 515 g/mol. The zero-order valence-corrected chi connectivity index (χ0v) is 21.5. The van der Waals surface area contributed by atoms with Gasteiger partial charge in [0.1, 0.15) is 17.6 Å². The number of hydrogen-bond donors (Lipinski definition) is 1. The third-order valence-corrected chi connectivity index (χ3v) is 7.02. The maximum atomic E-state index is 13.8. The molecule has 0 radical (unpaired) electrons. The van der Waals surface area contributed by atoms with Crippen LogP contribution in [0.3, 0.4) is 0 Å². The van der Waals surface area contributed by atoms with Crippen LogP contribution in [0.5, 0.6) is 5.75 Å². The lowest BCUT2D eigenvalue weighted by Gasteiger charge is -2.32. The molecule has 1 aliphatic rings. The number of hydrogen-bond acceptors (Lipinski definition) is 4. The van der Waals surface area contributed by atoms with Gasteiger partial charge in [-0.15, -0.1) is 0 Å². The minimum absolute atomic E-state index is 0.129. The van der Waals surface area contributed by atoms with E-state index in [2.05, 4.69) is 26.3 Å². The number of likely N-dealkylation sites (tertiary alicyclic amines) is 1. The number of nitrogens with zero attached hydrogens (tertiary/aromatic N) is 3. The van der Waals surface area contributed by atoms with Gasteiger partial charge in [-0.3, -0.25) is 14.3 Å². The normalized spacial score (nSPS) is 15.1. The lowest BCUT2D eigenvalue weighted by molar-refractivity contribution is -0.119. The van der Waals surface area contributed by atoms with Crippen molar-refractivity contribution in [3.05, 3.63) is 75.8 Å². The molecule has 3 aromatic rings. The van der Waals surface area contributed by atoms with Crippen LogP contribution in [0.25, 0.3) is 0 Å². The van der Waals surface area contributed by atoms with Crippen molar-refractivity contribution in [2.45, 2.75) is 38.6 Å². The van der Waals surface area contributed by atoms with E-state index in [9.17, 15) is 14.0 Å². The summed E-state index contributed by atoms with van der Waals surface area (Å²) in [5, 5.41) is 7.16. The van der Waals surface area contributed by atoms with Gasteiger partial charge in [0.25, 0.3) is 5.91 Å². The molecule has 2 aromatic carbocycles. The second-order valence-corrected chi connectivity index (χ2v) is 9.67. The molecular formula is C26H28BrFN4O3. The van der Waals surface area contributed by atoms with Crippen molar-refractivity contribution in [3.63, 3.8) is 0 Å². The largest absolute Gasteiger partial charge is 0.496 e. The number of piperidine rings is 1. The van der Waals surface area contributed by atoms with Gasteiger partial charge in [0, 0.05) is 31.0 Å². The molecule has 1 saturated heterocycles. The highest BCUT2D eigenvalue weighted by Crippen LogP contribution is 2.32. The van der Waals surface area contributed by atoms with E-state index >= 15 is 0 Å². The number of methoxy groups -OCH3 is 1. The second-order valence-electron chi connectivity index (χ2n) is 8.82. The molecule has 35 heavy (non-hydrogen) atoms. The van der Waals surface area contributed by atoms with Crippen LogP contribution in [-0.2, 0) is 4.79 Å². The summed E-state index contributed by atoms with van der Waals surface area (Å²) in [4.78, 5) is 27.4. The number of anilines is 1. The molecule has 7 nitrogen and oxygen atoms in total. The quantitative estimate of drug-likeness (QED) is 0.457. The first-order chi connectivity index (χ1) is 16.8. The van der Waals surface area contributed by atoms with Gasteiger partial charge in [0.15, 0.2) is 0 Å². The maximum absolute atomic E-state index is 13.8. The van der Waals surface area contributed by atoms with Gasteiger partial charge < -0.3 is 15.0 Å². The zero-order chi connectivity index (χ0) is 25.1. The average molecular weight is 543 g/mol. The van der Waals surface area contributed by atoms with E-state index < -0.39 is 11.9 Å². The standard InChI is InChI=1S/C26H28BrFN4O3/c1-16-14-29-32(15-16)17(2)25(33)30-20-6-4-18(5-7-20)19-8-10-31(11-9-19)26(34)21-12-22(27)23(28)13-24(21)35-3/h4-7,12-15,17,19H,8-11H2,1-3H3,(H,30,33). The van der Waals surface area contributed by atoms with Gasteiger partial charge in [-0.05, 0) is 77.9 Å². The molecule has 4 rings (SSSR count). The number of benzene rings is 2. The first kappa shape index (κ1) is 24.9. The summed E-state index contributed by atoms with van der Waals surface area (Å²) in [6.45, 7) is 4.94. The summed E-state index contributed by atoms with van der Waals surface area (Å²) in [6.07, 6.45) is 5.21. The van der Waals surface area contributed by atoms with Gasteiger partial charge in [0.2, 0.25) is 5.91 Å². The van der Waals surface area contributed by atoms with Crippen LogP contribution in [0.1, 0.15) is 53.2 Å². The summed E-state index contributed by atoms with van der Waals surface area (Å²) in [5.74, 6) is -0.220. The minimum atomic E-state index is -0.470. The number of nitrogens with one attached hydrogen (secondary N) is 1. The third-order valence-electron chi connectivity index (χ3n) is 6.41. The molecule has 1 unspecified atom stereocenters. The fraction of sp³-hybridized carbons (Fsp3) is 0.346. The van der Waals surface area contributed by atoms with Crippen LogP contribution in [0.2, 0.25) is 0 Å². The smallest absolute Gasteiger partial charge is 0.257 e. The highest BCUT2D eigenvalue weighted by atomic mass is 79.9. The van der Waals surface area contributed by atoms with Gasteiger partial charge in [-0.2, -0.15) is 5.10 Å². The summed E-state index contributed by atoms with van der Waals surface area (Å²) >= 11 is 3.15. The van der Waals surface area contributed by atoms with E-state index in [-0.39, 0.29) is 22.0 Å². The highest BCUT2D eigenvalue weighted by molar-refractivity contribution is 9.10. The summed E-state index contributed by atoms with van der Waals surface area (Å²) in [7, 11) is 1.43. The van der Waals surface area contributed by atoms with Crippen molar-refractivity contribution in [3.8, 4) is 5.75 Å². The molecule has 184 valence electrons. The van der Waals surface area contributed by atoms with E-state index in [1.165, 1.54) is 24.8 Å². The highest BCUT2D eigenvalue weighted by Gasteiger charge is 2.27. The number of ether oxygens (including phenoxy) is 1. The Morgan fingerprint density at radius 3 is 2.49 bits per heavy atom. The van der Waals surface area contributed by atoms with E-state index in [0.29, 0.717) is 24.6 Å². The molecule has 1 fully saturated rings. The number of carbonyl (C=O) groups is 2. The summed E-state index contributed by atoms with van der Waals surface area (Å²) in [5.41, 5.74) is 3.26. The molecule has 0 saturated carbocycles. The van der Waals surface area contributed by atoms with Crippen molar-refractivity contribution in [2.24, 2.45) is 0 Å². The predicted octanol–water partition coefficient (Wildman–Crippen LogP) is 5.32. The zero-order valence-electron chi connectivity index (χ0n) is 19.9. The molecule has 9 heteroatoms. The summed E-state index contributed by atoms with van der Waals surface area (Å²) < 4.78 is 20.9. The van der Waals surface area contributed by atoms with Crippen molar-refractivity contribution in [1.29, 1.82) is 0 Å². The minimum Gasteiger partial charge on any atom is -0.496 e. The average Bonchev–Trinajstić information content (AvgIpc) is 3.31. The van der Waals surface area contributed by atoms with E-state index in [1.807, 2.05) is 44.3 Å². The number of amides is 2. The Balaban J connectivity index is 1.35. The molecule has 0 spiro atoms. The first-order valence-electron chi connectivity index (χ1n) is 11.5. The molecule has 1 N–H and O–H groups in total. The molecule has 1 aliphatic heterocycles. The van der Waals surface area contributed by atoms with Crippen LogP contribution < -0.4 is 10.1 Å². The van der Waals surface area contributed by atoms with Crippen LogP contribution in [-0.4, -0.2) is 46.7 Å². The molecule has 2 amide bonds. The van der Waals surface area contributed by atoms with Gasteiger partial charge >= 0.3 is 0 Å². The second kappa shape index (κ2) is 10.6. The van der Waals surface area contributed by atoms with Crippen molar-refractivity contribution in [2.75, 3.05) is 25.5 Å². The third kappa shape index (κ3) is 5.56. The first-order valence-corrected chi connectivity index (χ1v) is 12.3. The Morgan fingerprint density at radius 1 is 1.20 bits per heavy atom. The van der Waals surface area contributed by atoms with E-state index in [1.54, 1.807) is 15.8 Å².